The van der Waals surface area contributed by atoms with Crippen LogP contribution < -0.4 is 4.74 Å². The molecule has 0 fully saturated rings. The number of carboxylic acids is 1. The number of nitrogens with zero attached hydrogens (tertiary/aromatic N) is 3. The highest BCUT2D eigenvalue weighted by Crippen LogP contribution is 2.28. The van der Waals surface area contributed by atoms with Gasteiger partial charge < -0.3 is 9.84 Å². The second kappa shape index (κ2) is 7.53. The van der Waals surface area contributed by atoms with Crippen LogP contribution in [0.15, 0.2) is 42.6 Å². The van der Waals surface area contributed by atoms with Crippen LogP contribution in [0.1, 0.15) is 19.7 Å². The SMILES string of the molecule is CC(C)(COc1ccc(-c2ccc(-c3nc(C(F)(F)F)n[nH]3)cn2)cc1)C(=O)O. The molecule has 0 aliphatic heterocycles. The number of H-pyrrole nitrogens is 1. The molecule has 0 amide bonds. The number of carboxylic acid groups (broad SMARTS) is 1. The largest absolute Gasteiger partial charge is 0.492 e. The van der Waals surface area contributed by atoms with Crippen LogP contribution >= 0.6 is 0 Å². The van der Waals surface area contributed by atoms with Gasteiger partial charge in [-0.25, -0.2) is 4.98 Å². The number of benzene rings is 1. The summed E-state index contributed by atoms with van der Waals surface area (Å²) in [6.45, 7) is 3.16. The van der Waals surface area contributed by atoms with Crippen molar-refractivity contribution in [3.05, 3.63) is 48.4 Å². The van der Waals surface area contributed by atoms with Crippen molar-refractivity contribution in [1.82, 2.24) is 20.2 Å². The van der Waals surface area contributed by atoms with Gasteiger partial charge in [0.05, 0.1) is 11.1 Å². The normalized spacial score (nSPS) is 12.0. The minimum absolute atomic E-state index is 0.0196. The van der Waals surface area contributed by atoms with Crippen molar-refractivity contribution in [2.45, 2.75) is 20.0 Å². The number of aliphatic carboxylic acids is 1. The summed E-state index contributed by atoms with van der Waals surface area (Å²) >= 11 is 0. The molecule has 3 aromatic rings. The zero-order valence-corrected chi connectivity index (χ0v) is 15.5. The minimum atomic E-state index is -4.62. The zero-order chi connectivity index (χ0) is 21.2. The van der Waals surface area contributed by atoms with Crippen LogP contribution in [0.25, 0.3) is 22.6 Å². The van der Waals surface area contributed by atoms with Gasteiger partial charge in [0.2, 0.25) is 0 Å². The van der Waals surface area contributed by atoms with Gasteiger partial charge in [-0.05, 0) is 50.2 Å². The number of aromatic amines is 1. The summed E-state index contributed by atoms with van der Waals surface area (Å²) in [7, 11) is 0. The maximum absolute atomic E-state index is 12.6. The second-order valence-corrected chi connectivity index (χ2v) is 6.94. The Morgan fingerprint density at radius 3 is 2.28 bits per heavy atom. The van der Waals surface area contributed by atoms with Crippen molar-refractivity contribution in [3.8, 4) is 28.4 Å². The zero-order valence-electron chi connectivity index (χ0n) is 15.5. The molecule has 2 aromatic heterocycles. The summed E-state index contributed by atoms with van der Waals surface area (Å²) < 4.78 is 43.3. The molecule has 0 radical (unpaired) electrons. The fourth-order valence-corrected chi connectivity index (χ4v) is 2.27. The smallest absolute Gasteiger partial charge is 0.453 e. The molecule has 0 spiro atoms. The van der Waals surface area contributed by atoms with Gasteiger partial charge in [-0.2, -0.15) is 13.2 Å². The molecule has 152 valence electrons. The first-order valence-corrected chi connectivity index (χ1v) is 8.49. The number of halogens is 3. The number of ether oxygens (including phenoxy) is 1. The average molecular weight is 406 g/mol. The fourth-order valence-electron chi connectivity index (χ4n) is 2.27. The minimum Gasteiger partial charge on any atom is -0.492 e. The molecule has 0 atom stereocenters. The third-order valence-corrected chi connectivity index (χ3v) is 4.10. The van der Waals surface area contributed by atoms with Crippen molar-refractivity contribution in [2.75, 3.05) is 6.61 Å². The van der Waals surface area contributed by atoms with Gasteiger partial charge in [0.15, 0.2) is 5.82 Å². The van der Waals surface area contributed by atoms with E-state index in [0.717, 1.165) is 5.56 Å². The first kappa shape index (κ1) is 20.3. The van der Waals surface area contributed by atoms with E-state index in [1.54, 1.807) is 50.2 Å². The number of hydrogen-bond donors (Lipinski definition) is 2. The maximum atomic E-state index is 12.6. The summed E-state index contributed by atoms with van der Waals surface area (Å²) in [5.74, 6) is -1.70. The molecular formula is C19H17F3N4O3. The van der Waals surface area contributed by atoms with Gasteiger partial charge in [0, 0.05) is 17.3 Å². The van der Waals surface area contributed by atoms with E-state index < -0.39 is 23.4 Å². The molecule has 0 aliphatic rings. The topological polar surface area (TPSA) is 101 Å². The standard InChI is InChI=1S/C19H17F3N4O3/c1-18(2,17(27)28)10-29-13-6-3-11(4-7-13)14-8-5-12(9-23-14)15-24-16(26-25-15)19(20,21)22/h3-9H,10H2,1-2H3,(H,27,28)(H,24,25,26). The van der Waals surface area contributed by atoms with Crippen LogP contribution in [-0.2, 0) is 11.0 Å². The quantitative estimate of drug-likeness (QED) is 0.641. The lowest BCUT2D eigenvalue weighted by Crippen LogP contribution is -2.30. The Morgan fingerprint density at radius 2 is 1.76 bits per heavy atom. The van der Waals surface area contributed by atoms with Gasteiger partial charge in [0.25, 0.3) is 5.82 Å². The van der Waals surface area contributed by atoms with Crippen LogP contribution in [0, 0.1) is 5.41 Å². The van der Waals surface area contributed by atoms with E-state index in [1.807, 2.05) is 0 Å². The van der Waals surface area contributed by atoms with Crippen molar-refractivity contribution in [3.63, 3.8) is 0 Å². The monoisotopic (exact) mass is 406 g/mol. The Balaban J connectivity index is 1.70. The van der Waals surface area contributed by atoms with Crippen molar-refractivity contribution in [1.29, 1.82) is 0 Å². The van der Waals surface area contributed by atoms with E-state index in [2.05, 4.69) is 20.2 Å². The van der Waals surface area contributed by atoms with Crippen molar-refractivity contribution in [2.24, 2.45) is 5.41 Å². The highest BCUT2D eigenvalue weighted by molar-refractivity contribution is 5.73. The van der Waals surface area contributed by atoms with E-state index in [9.17, 15) is 18.0 Å². The molecule has 0 unspecified atom stereocenters. The van der Waals surface area contributed by atoms with Crippen LogP contribution in [0.2, 0.25) is 0 Å². The number of hydrogen-bond acceptors (Lipinski definition) is 5. The first-order valence-electron chi connectivity index (χ1n) is 8.49. The Bertz CT molecular complexity index is 997. The summed E-state index contributed by atoms with van der Waals surface area (Å²) in [5, 5.41) is 14.5. The Hall–Kier alpha value is -3.43. The molecule has 2 heterocycles. The van der Waals surface area contributed by atoms with Gasteiger partial charge in [-0.3, -0.25) is 14.9 Å². The van der Waals surface area contributed by atoms with Gasteiger partial charge in [0.1, 0.15) is 12.4 Å². The Labute approximate surface area is 163 Å². The molecule has 1 aromatic carbocycles. The van der Waals surface area contributed by atoms with Crippen LogP contribution in [-0.4, -0.2) is 37.8 Å². The van der Waals surface area contributed by atoms with E-state index in [0.29, 0.717) is 17.0 Å². The number of carbonyl (C=O) groups is 1. The maximum Gasteiger partial charge on any atom is 0.453 e. The van der Waals surface area contributed by atoms with Crippen molar-refractivity contribution < 1.29 is 27.8 Å². The third-order valence-electron chi connectivity index (χ3n) is 4.10. The molecule has 7 nitrogen and oxygen atoms in total. The van der Waals surface area contributed by atoms with Crippen LogP contribution in [0.5, 0.6) is 5.75 Å². The van der Waals surface area contributed by atoms with E-state index >= 15 is 0 Å². The number of rotatable bonds is 6. The molecule has 0 saturated heterocycles. The summed E-state index contributed by atoms with van der Waals surface area (Å²) in [5.41, 5.74) is 0.715. The summed E-state index contributed by atoms with van der Waals surface area (Å²) in [4.78, 5) is 18.8. The predicted molar refractivity (Wildman–Crippen MR) is 97.0 cm³/mol. The van der Waals surface area contributed by atoms with Gasteiger partial charge in [-0.15, -0.1) is 5.10 Å². The highest BCUT2D eigenvalue weighted by Gasteiger charge is 2.36. The summed E-state index contributed by atoms with van der Waals surface area (Å²) in [6, 6.07) is 10.1. The molecule has 0 aliphatic carbocycles. The van der Waals surface area contributed by atoms with Gasteiger partial charge >= 0.3 is 12.1 Å². The Kier molecular flexibility index (Phi) is 5.27. The van der Waals surface area contributed by atoms with Crippen LogP contribution in [0.3, 0.4) is 0 Å². The molecule has 0 saturated carbocycles. The molecule has 0 bridgehead atoms. The molecule has 10 heteroatoms. The number of pyridine rings is 1. The lowest BCUT2D eigenvalue weighted by Gasteiger charge is -2.19. The van der Waals surface area contributed by atoms with E-state index in [1.165, 1.54) is 6.20 Å². The third kappa shape index (κ3) is 4.71. The predicted octanol–water partition coefficient (Wildman–Crippen LogP) is 4.04. The second-order valence-electron chi connectivity index (χ2n) is 6.94. The molecule has 3 rings (SSSR count). The molecule has 29 heavy (non-hydrogen) atoms. The number of nitrogens with one attached hydrogen (secondary N) is 1. The van der Waals surface area contributed by atoms with E-state index in [-0.39, 0.29) is 12.4 Å². The fraction of sp³-hybridized carbons (Fsp3) is 0.263. The number of alkyl halides is 3. The summed E-state index contributed by atoms with van der Waals surface area (Å²) in [6.07, 6.45) is -3.22. The molecular weight excluding hydrogens is 389 g/mol. The highest BCUT2D eigenvalue weighted by atomic mass is 19.4. The Morgan fingerprint density at radius 1 is 1.10 bits per heavy atom. The van der Waals surface area contributed by atoms with Gasteiger partial charge in [-0.1, -0.05) is 0 Å². The van der Waals surface area contributed by atoms with Crippen LogP contribution in [0.4, 0.5) is 13.2 Å². The average Bonchev–Trinajstić information content (AvgIpc) is 3.18. The molecule has 2 N–H and O–H groups in total. The van der Waals surface area contributed by atoms with E-state index in [4.69, 9.17) is 9.84 Å². The lowest BCUT2D eigenvalue weighted by molar-refractivity contribution is -0.148. The number of aromatic nitrogens is 4. The lowest BCUT2D eigenvalue weighted by atomic mass is 9.95. The van der Waals surface area contributed by atoms with Crippen molar-refractivity contribution >= 4 is 5.97 Å². The first-order chi connectivity index (χ1) is 13.6.